The van der Waals surface area contributed by atoms with Crippen molar-refractivity contribution in [1.29, 1.82) is 0 Å². The number of nitrogens with zero attached hydrogens (tertiary/aromatic N) is 5. The highest BCUT2D eigenvalue weighted by molar-refractivity contribution is 9.09. The van der Waals surface area contributed by atoms with Gasteiger partial charge in [0.05, 0.1) is 63.6 Å². The first-order chi connectivity index (χ1) is 53.0. The van der Waals surface area contributed by atoms with Gasteiger partial charge in [-0.25, -0.2) is 34.1 Å². The average Bonchev–Trinajstić information content (AvgIpc) is 1.58. The molecule has 4 saturated carbocycles. The third-order valence-electron chi connectivity index (χ3n) is 20.8. The van der Waals surface area contributed by atoms with Crippen molar-refractivity contribution < 1.29 is 71.6 Å². The summed E-state index contributed by atoms with van der Waals surface area (Å²) in [5, 5.41) is 28.2. The number of anilines is 1. The number of benzene rings is 2. The number of nitrogens with one attached hydrogen (secondary N) is 8. The van der Waals surface area contributed by atoms with Crippen molar-refractivity contribution in [3.8, 4) is 34.4 Å². The Balaban J connectivity index is 0.000000238. The summed E-state index contributed by atoms with van der Waals surface area (Å²) >= 11 is 9.22. The molecule has 29 nitrogen and oxygen atoms in total. The van der Waals surface area contributed by atoms with Crippen molar-refractivity contribution in [2.24, 2.45) is 28.4 Å². The smallest absolute Gasteiger partial charge is 0.332 e. The third-order valence-corrected chi connectivity index (χ3v) is 22.2. The monoisotopic (exact) mass is 1650 g/mol. The number of methoxy groups -OCH3 is 4. The quantitative estimate of drug-likeness (QED) is 0.00817. The summed E-state index contributed by atoms with van der Waals surface area (Å²) in [5.74, 6) is -2.04. The molecule has 0 bridgehead atoms. The van der Waals surface area contributed by atoms with Gasteiger partial charge in [0, 0.05) is 89.3 Å². The van der Waals surface area contributed by atoms with E-state index in [0.29, 0.717) is 80.2 Å². The molecule has 10 atom stereocenters. The van der Waals surface area contributed by atoms with Crippen LogP contribution in [0, 0.1) is 22.7 Å². The predicted molar refractivity (Wildman–Crippen MR) is 435 cm³/mol. The van der Waals surface area contributed by atoms with E-state index in [4.69, 9.17) is 44.1 Å². The van der Waals surface area contributed by atoms with Gasteiger partial charge in [0.15, 0.2) is 16.0 Å². The molecule has 5 heterocycles. The number of carbonyl (C=O) groups excluding carboxylic acids is 9. The Kier molecular flexibility index (Phi) is 28.6. The van der Waals surface area contributed by atoms with Crippen molar-refractivity contribution in [3.05, 3.63) is 84.9 Å². The maximum Gasteiger partial charge on any atom is 0.332 e. The van der Waals surface area contributed by atoms with Crippen LogP contribution in [0.5, 0.6) is 23.0 Å². The van der Waals surface area contributed by atoms with E-state index in [2.05, 4.69) is 88.8 Å². The van der Waals surface area contributed by atoms with Gasteiger partial charge in [-0.15, -0.1) is 24.5 Å². The van der Waals surface area contributed by atoms with Crippen LogP contribution in [0.3, 0.4) is 0 Å². The highest BCUT2D eigenvalue weighted by atomic mass is 79.9. The fraction of sp³-hybridized carbons (Fsp3) is 0.562. The topological polar surface area (TPSA) is 376 Å². The maximum atomic E-state index is 14.7. The molecule has 2 saturated heterocycles. The number of ketones is 1. The fourth-order valence-electron chi connectivity index (χ4n) is 14.7. The minimum Gasteiger partial charge on any atom is -0.497 e. The number of likely N-dealkylation sites (tertiary alicyclic amines) is 2. The van der Waals surface area contributed by atoms with Crippen LogP contribution in [0.1, 0.15) is 157 Å². The van der Waals surface area contributed by atoms with Gasteiger partial charge in [-0.2, -0.15) is 0 Å². The zero-order valence-corrected chi connectivity index (χ0v) is 69.7. The van der Waals surface area contributed by atoms with E-state index in [1.54, 1.807) is 43.5 Å². The molecule has 0 spiro atoms. The first kappa shape index (κ1) is 86.6. The van der Waals surface area contributed by atoms with Gasteiger partial charge in [-0.1, -0.05) is 95.3 Å². The van der Waals surface area contributed by atoms with Gasteiger partial charge in [-0.3, -0.25) is 24.0 Å². The lowest BCUT2D eigenvalue weighted by molar-refractivity contribution is -0.148. The standard InChI is InChI=1S/C40H53N7O7S.C36H46BrN5O8.C4H10N2S/c1-9-23-19-40(23,36(50)53-8)46-34(48)31-17-26(20-47(31)35(49)33(39(4,5)6)45-37(51)42-24-12-10-11-13-24)54-32-18-29(30-21-55-38(44-30)41-22(2)3)43-28-16-25(52-7)14-15-27(28)32;1-7-20-17-36(20,33(46)49-6)41-31(44)27-15-23(50-29-16-26(28(43)18-37)39-25-14-22(48-5)12-13-24(25)29)19-42(27)32(45)30(35(2,3)4)40-34(47)38-21-10-8-9-11-21;1-3(2)6-4(5)7/h9,14-16,18,21-24,26,31,33H,1,10-13,17,19-20H2,2-8H3,(H,41,44)(H,46,48)(H2,42,45,51);7,12-14,16,20-21,23,27,30H,1,8-11,15,17-19H2,2-6H3,(H,41,44)(H2,38,40,47);3H,1-2H3,(H3,5,6,7)/t23-,26-,31+,33-,40-;20-,23-,27+,30-,36-;/m11./s1. The van der Waals surface area contributed by atoms with Crippen molar-refractivity contribution in [2.45, 2.75) is 218 Å². The number of urea groups is 2. The minimum absolute atomic E-state index is 0.00672. The van der Waals surface area contributed by atoms with Crippen molar-refractivity contribution in [3.63, 3.8) is 0 Å². The molecule has 608 valence electrons. The number of ether oxygens (including phenoxy) is 6. The summed E-state index contributed by atoms with van der Waals surface area (Å²) in [6, 6.07) is 9.81. The number of pyridine rings is 2. The molecule has 0 radical (unpaired) electrons. The molecular weight excluding hydrogens is 1540 g/mol. The van der Waals surface area contributed by atoms with Crippen LogP contribution in [-0.2, 0) is 38.2 Å². The number of amides is 8. The van der Waals surface area contributed by atoms with E-state index >= 15 is 0 Å². The van der Waals surface area contributed by atoms with Gasteiger partial charge in [0.2, 0.25) is 23.6 Å². The molecule has 5 aromatic rings. The second kappa shape index (κ2) is 37.0. The highest BCUT2D eigenvalue weighted by Crippen LogP contribution is 2.48. The van der Waals surface area contributed by atoms with Crippen LogP contribution in [0.2, 0.25) is 0 Å². The number of alkyl halides is 1. The molecule has 2 aliphatic heterocycles. The van der Waals surface area contributed by atoms with E-state index in [-0.39, 0.29) is 72.7 Å². The molecule has 11 rings (SSSR count). The van der Waals surface area contributed by atoms with Gasteiger partial charge in [0.1, 0.15) is 81.8 Å². The van der Waals surface area contributed by atoms with Crippen LogP contribution in [0.25, 0.3) is 33.2 Å². The Morgan fingerprint density at radius 2 is 1.06 bits per heavy atom. The van der Waals surface area contributed by atoms with E-state index in [1.807, 2.05) is 98.9 Å². The number of Topliss-reactive ketones (excluding diaryl/α,β-unsaturated/α-hetero) is 1. The molecule has 112 heavy (non-hydrogen) atoms. The lowest BCUT2D eigenvalue weighted by atomic mass is 9.85. The minimum atomic E-state index is -1.28. The Morgan fingerprint density at radius 3 is 1.43 bits per heavy atom. The number of esters is 2. The number of aromatic nitrogens is 3. The van der Waals surface area contributed by atoms with Gasteiger partial charge in [0.25, 0.3) is 0 Å². The summed E-state index contributed by atoms with van der Waals surface area (Å²) in [6.07, 6.45) is 10.4. The average molecular weight is 1650 g/mol. The second-order valence-corrected chi connectivity index (χ2v) is 34.0. The number of carbonyl (C=O) groups is 9. The molecular formula is C80H109BrN14O15S2. The number of nitrogens with two attached hydrogens (primary N) is 1. The Hall–Kier alpha value is -9.43. The normalized spacial score (nSPS) is 22.5. The summed E-state index contributed by atoms with van der Waals surface area (Å²) in [7, 11) is 5.64. The largest absolute Gasteiger partial charge is 0.497 e. The van der Waals surface area contributed by atoms with Crippen LogP contribution in [-0.4, -0.2) is 202 Å². The van der Waals surface area contributed by atoms with Gasteiger partial charge < -0.3 is 86.5 Å². The second-order valence-electron chi connectivity index (χ2n) is 32.1. The van der Waals surface area contributed by atoms with Crippen molar-refractivity contribution in [1.82, 2.24) is 62.0 Å². The fourth-order valence-corrected chi connectivity index (χ4v) is 16.1. The van der Waals surface area contributed by atoms with Crippen molar-refractivity contribution in [2.75, 3.05) is 52.2 Å². The molecule has 6 fully saturated rings. The highest BCUT2D eigenvalue weighted by Gasteiger charge is 2.63. The molecule has 8 amide bonds. The first-order valence-electron chi connectivity index (χ1n) is 38.0. The van der Waals surface area contributed by atoms with Crippen LogP contribution in [0.4, 0.5) is 14.7 Å². The zero-order valence-electron chi connectivity index (χ0n) is 66.4. The number of hydrogen-bond donors (Lipinski definition) is 9. The number of thiocarbonyl (C=S) groups is 1. The molecule has 2 aromatic carbocycles. The third kappa shape index (κ3) is 21.1. The maximum absolute atomic E-state index is 14.7. The number of thiazole rings is 1. The van der Waals surface area contributed by atoms with Crippen LogP contribution < -0.4 is 67.2 Å². The molecule has 6 aliphatic rings. The Labute approximate surface area is 672 Å². The summed E-state index contributed by atoms with van der Waals surface area (Å²) < 4.78 is 34.2. The molecule has 0 unspecified atom stereocenters. The lowest BCUT2D eigenvalue weighted by Gasteiger charge is -2.35. The predicted octanol–water partition coefficient (Wildman–Crippen LogP) is 9.71. The van der Waals surface area contributed by atoms with E-state index in [0.717, 1.165) is 56.5 Å². The Bertz CT molecular complexity index is 4330. The van der Waals surface area contributed by atoms with Crippen molar-refractivity contribution >= 4 is 125 Å². The summed E-state index contributed by atoms with van der Waals surface area (Å²) in [5.41, 5.74) is 3.63. The van der Waals surface area contributed by atoms with Gasteiger partial charge in [-0.05, 0) is 114 Å². The summed E-state index contributed by atoms with van der Waals surface area (Å²) in [4.78, 5) is 140. The zero-order chi connectivity index (χ0) is 81.9. The van der Waals surface area contributed by atoms with Crippen LogP contribution in [0.15, 0.2) is 79.2 Å². The number of fused-ring (bicyclic) bond motifs is 2. The molecule has 32 heteroatoms. The first-order valence-corrected chi connectivity index (χ1v) is 40.4. The van der Waals surface area contributed by atoms with Gasteiger partial charge >= 0.3 is 24.0 Å². The number of halogens is 1. The number of hydrogen-bond acceptors (Lipinski definition) is 21. The van der Waals surface area contributed by atoms with E-state index in [9.17, 15) is 43.2 Å². The van der Waals surface area contributed by atoms with Crippen LogP contribution >= 0.6 is 39.5 Å². The SMILES string of the molecule is C=C[C@@H]1C[C@]1(NC(=O)[C@@H]1C[C@@H](Oc2cc(-c3csc(NC(C)C)n3)nc3cc(OC)ccc23)CN1C(=O)[C@@H](NC(=O)NC1CCCC1)C(C)(C)C)C(=O)OC.C=C[C@@H]1C[C@]1(NC(=O)[C@@H]1C[C@@H](Oc2cc(C(=O)CBr)nc3cc(OC)ccc23)CN1C(=O)[C@@H](NC(=O)NC1CCCC1)C(C)(C)C)C(=O)OC.CC(C)NC(N)=S. The van der Waals surface area contributed by atoms with E-state index < -0.39 is 106 Å². The van der Waals surface area contributed by atoms with E-state index in [1.165, 1.54) is 42.5 Å². The molecule has 3 aromatic heterocycles. The lowest BCUT2D eigenvalue weighted by Crippen LogP contribution is -2.60. The number of rotatable bonds is 26. The summed E-state index contributed by atoms with van der Waals surface area (Å²) in [6.45, 7) is 26.8. The molecule has 4 aliphatic carbocycles. The Morgan fingerprint density at radius 1 is 0.625 bits per heavy atom. The molecule has 10 N–H and O–H groups in total.